The molecule has 0 bridgehead atoms. The highest BCUT2D eigenvalue weighted by Crippen LogP contribution is 2.25. The van der Waals surface area contributed by atoms with E-state index >= 15 is 0 Å². The van der Waals surface area contributed by atoms with Gasteiger partial charge in [0, 0.05) is 16.8 Å². The highest BCUT2D eigenvalue weighted by molar-refractivity contribution is 6.31. The summed E-state index contributed by atoms with van der Waals surface area (Å²) in [6.45, 7) is 1.66. The van der Waals surface area contributed by atoms with Crippen molar-refractivity contribution in [3.05, 3.63) is 118 Å². The monoisotopic (exact) mass is 453 g/mol. The van der Waals surface area contributed by atoms with E-state index in [1.165, 1.54) is 6.08 Å². The first-order valence-corrected chi connectivity index (χ1v) is 11.1. The van der Waals surface area contributed by atoms with Gasteiger partial charge in [-0.1, -0.05) is 84.4 Å². The molecular formula is C29H24ClNO2. The predicted octanol–water partition coefficient (Wildman–Crippen LogP) is 6.94. The van der Waals surface area contributed by atoms with Gasteiger partial charge in [-0.05, 0) is 60.0 Å². The van der Waals surface area contributed by atoms with Gasteiger partial charge in [-0.25, -0.2) is 4.98 Å². The van der Waals surface area contributed by atoms with Crippen molar-refractivity contribution >= 4 is 46.5 Å². The Kier molecular flexibility index (Phi) is 6.83. The molecule has 4 aromatic rings. The summed E-state index contributed by atoms with van der Waals surface area (Å²) in [6, 6.07) is 26.8. The van der Waals surface area contributed by atoms with E-state index in [0.717, 1.165) is 33.3 Å². The van der Waals surface area contributed by atoms with Gasteiger partial charge in [0.15, 0.2) is 5.78 Å². The quantitative estimate of drug-likeness (QED) is 0.308. The van der Waals surface area contributed by atoms with Crippen LogP contribution in [0.3, 0.4) is 0 Å². The molecule has 33 heavy (non-hydrogen) atoms. The zero-order valence-electron chi connectivity index (χ0n) is 18.3. The largest absolute Gasteiger partial charge is 0.385 e. The number of nitrogens with zero attached hydrogens (tertiary/aromatic N) is 1. The Morgan fingerprint density at radius 3 is 2.42 bits per heavy atom. The fraction of sp³-hybridized carbons (Fsp3) is 0.103. The zero-order valence-corrected chi connectivity index (χ0v) is 19.0. The normalized spacial score (nSPS) is 13.5. The van der Waals surface area contributed by atoms with E-state index in [9.17, 15) is 9.90 Å². The molecule has 0 aliphatic heterocycles. The minimum atomic E-state index is -1.20. The molecule has 1 atom stereocenters. The molecule has 0 saturated carbocycles. The number of pyridine rings is 1. The summed E-state index contributed by atoms with van der Waals surface area (Å²) in [4.78, 5) is 17.1. The van der Waals surface area contributed by atoms with E-state index in [4.69, 9.17) is 11.6 Å². The van der Waals surface area contributed by atoms with E-state index in [1.54, 1.807) is 13.0 Å². The van der Waals surface area contributed by atoms with Crippen LogP contribution in [0.4, 0.5) is 0 Å². The lowest BCUT2D eigenvalue weighted by Gasteiger charge is -2.22. The maximum absolute atomic E-state index is 12.5. The molecule has 0 saturated heterocycles. The molecule has 1 aromatic heterocycles. The number of halogens is 1. The third-order valence-electron chi connectivity index (χ3n) is 5.41. The Morgan fingerprint density at radius 1 is 0.909 bits per heavy atom. The number of carbonyl (C=O) groups excluding carboxylic acids is 1. The molecule has 3 nitrogen and oxygen atoms in total. The minimum absolute atomic E-state index is 0.0186. The maximum Gasteiger partial charge on any atom is 0.158 e. The molecule has 0 radical (unpaired) electrons. The van der Waals surface area contributed by atoms with Gasteiger partial charge in [-0.15, -0.1) is 0 Å². The Morgan fingerprint density at radius 2 is 1.64 bits per heavy atom. The first-order chi connectivity index (χ1) is 15.9. The van der Waals surface area contributed by atoms with Crippen LogP contribution in [0.5, 0.6) is 0 Å². The lowest BCUT2D eigenvalue weighted by atomic mass is 9.90. The fourth-order valence-corrected chi connectivity index (χ4v) is 3.80. The van der Waals surface area contributed by atoms with Crippen LogP contribution in [0.2, 0.25) is 5.02 Å². The SMILES string of the molecule is CC(O)(CC(=O)/C=C/c1cccc(/C=C/c2ccc3ccc(Cl)cc3n2)c1)c1ccccc1. The van der Waals surface area contributed by atoms with Crippen molar-refractivity contribution in [2.75, 3.05) is 0 Å². The number of rotatable bonds is 7. The molecule has 1 N–H and O–H groups in total. The molecular weight excluding hydrogens is 430 g/mol. The Hall–Kier alpha value is -3.53. The molecule has 1 unspecified atom stereocenters. The third-order valence-corrected chi connectivity index (χ3v) is 5.64. The van der Waals surface area contributed by atoms with Crippen molar-refractivity contribution in [2.45, 2.75) is 18.9 Å². The molecule has 164 valence electrons. The first-order valence-electron chi connectivity index (χ1n) is 10.7. The molecule has 0 spiro atoms. The van der Waals surface area contributed by atoms with E-state index < -0.39 is 5.60 Å². The van der Waals surface area contributed by atoms with Gasteiger partial charge in [-0.3, -0.25) is 4.79 Å². The van der Waals surface area contributed by atoms with Gasteiger partial charge in [0.05, 0.1) is 16.8 Å². The summed E-state index contributed by atoms with van der Waals surface area (Å²) in [7, 11) is 0. The van der Waals surface area contributed by atoms with Crippen molar-refractivity contribution in [3.63, 3.8) is 0 Å². The average molecular weight is 454 g/mol. The second-order valence-corrected chi connectivity index (χ2v) is 8.63. The number of carbonyl (C=O) groups is 1. The number of aliphatic hydroxyl groups is 1. The van der Waals surface area contributed by atoms with Gasteiger partial charge in [0.1, 0.15) is 0 Å². The number of hydrogen-bond acceptors (Lipinski definition) is 3. The summed E-state index contributed by atoms with van der Waals surface area (Å²) in [5.74, 6) is -0.135. The van der Waals surface area contributed by atoms with Gasteiger partial charge >= 0.3 is 0 Å². The number of allylic oxidation sites excluding steroid dienone is 1. The molecule has 4 heteroatoms. The van der Waals surface area contributed by atoms with Crippen LogP contribution >= 0.6 is 11.6 Å². The van der Waals surface area contributed by atoms with Gasteiger partial charge in [0.2, 0.25) is 0 Å². The van der Waals surface area contributed by atoms with Crippen LogP contribution in [-0.4, -0.2) is 15.9 Å². The highest BCUT2D eigenvalue weighted by atomic mass is 35.5. The van der Waals surface area contributed by atoms with Gasteiger partial charge < -0.3 is 5.11 Å². The average Bonchev–Trinajstić information content (AvgIpc) is 2.82. The lowest BCUT2D eigenvalue weighted by molar-refractivity contribution is -0.119. The maximum atomic E-state index is 12.5. The second kappa shape index (κ2) is 9.95. The summed E-state index contributed by atoms with van der Waals surface area (Å²) in [6.07, 6.45) is 7.25. The van der Waals surface area contributed by atoms with E-state index in [-0.39, 0.29) is 12.2 Å². The van der Waals surface area contributed by atoms with Crippen LogP contribution < -0.4 is 0 Å². The van der Waals surface area contributed by atoms with Gasteiger partial charge in [0.25, 0.3) is 0 Å². The molecule has 3 aromatic carbocycles. The molecule has 1 heterocycles. The summed E-state index contributed by atoms with van der Waals surface area (Å²) < 4.78 is 0. The number of benzene rings is 3. The van der Waals surface area contributed by atoms with Crippen molar-refractivity contribution in [1.29, 1.82) is 0 Å². The van der Waals surface area contributed by atoms with Crippen molar-refractivity contribution < 1.29 is 9.90 Å². The fourth-order valence-electron chi connectivity index (χ4n) is 3.63. The molecule has 0 aliphatic rings. The van der Waals surface area contributed by atoms with Crippen LogP contribution in [-0.2, 0) is 10.4 Å². The zero-order chi connectivity index (χ0) is 23.3. The molecule has 4 rings (SSSR count). The second-order valence-electron chi connectivity index (χ2n) is 8.19. The van der Waals surface area contributed by atoms with Crippen LogP contribution in [0.25, 0.3) is 29.1 Å². The third kappa shape index (κ3) is 6.04. The topological polar surface area (TPSA) is 50.2 Å². The summed E-state index contributed by atoms with van der Waals surface area (Å²) >= 11 is 6.08. The minimum Gasteiger partial charge on any atom is -0.385 e. The van der Waals surface area contributed by atoms with Crippen LogP contribution in [0.1, 0.15) is 35.7 Å². The van der Waals surface area contributed by atoms with E-state index in [1.807, 2.05) is 97.1 Å². The summed E-state index contributed by atoms with van der Waals surface area (Å²) in [5, 5.41) is 12.4. The Labute approximate surface area is 198 Å². The molecule has 0 fully saturated rings. The van der Waals surface area contributed by atoms with Crippen molar-refractivity contribution in [2.24, 2.45) is 0 Å². The lowest BCUT2D eigenvalue weighted by Crippen LogP contribution is -2.24. The molecule has 0 amide bonds. The van der Waals surface area contributed by atoms with Crippen molar-refractivity contribution in [3.8, 4) is 0 Å². The molecule has 0 aliphatic carbocycles. The Bertz CT molecular complexity index is 1340. The number of aromatic nitrogens is 1. The predicted molar refractivity (Wildman–Crippen MR) is 137 cm³/mol. The van der Waals surface area contributed by atoms with E-state index in [0.29, 0.717) is 5.02 Å². The number of fused-ring (bicyclic) bond motifs is 1. The first kappa shape index (κ1) is 22.7. The van der Waals surface area contributed by atoms with Crippen molar-refractivity contribution in [1.82, 2.24) is 4.98 Å². The summed E-state index contributed by atoms with van der Waals surface area (Å²) in [5.41, 5.74) is 3.11. The van der Waals surface area contributed by atoms with Gasteiger partial charge in [-0.2, -0.15) is 0 Å². The Balaban J connectivity index is 1.44. The smallest absolute Gasteiger partial charge is 0.158 e. The number of ketones is 1. The van der Waals surface area contributed by atoms with Crippen LogP contribution in [0, 0.1) is 0 Å². The van der Waals surface area contributed by atoms with Crippen LogP contribution in [0.15, 0.2) is 91.0 Å². The highest BCUT2D eigenvalue weighted by Gasteiger charge is 2.25. The standard InChI is InChI=1S/C29H24ClNO2/c1-29(33,24-8-3-2-4-9-24)20-27(32)17-11-22-7-5-6-21(18-22)10-15-26-16-13-23-12-14-25(30)19-28(23)31-26/h2-19,33H,20H2,1H3/b15-10+,17-11+. The van der Waals surface area contributed by atoms with E-state index in [2.05, 4.69) is 4.98 Å². The number of hydrogen-bond donors (Lipinski definition) is 1.